The van der Waals surface area contributed by atoms with Crippen LogP contribution in [0.3, 0.4) is 0 Å². The largest absolute Gasteiger partial charge is 0.416 e. The molecule has 0 N–H and O–H groups in total. The van der Waals surface area contributed by atoms with Gasteiger partial charge in [-0.2, -0.15) is 13.2 Å². The summed E-state index contributed by atoms with van der Waals surface area (Å²) < 4.78 is 40.5. The van der Waals surface area contributed by atoms with Crippen LogP contribution >= 0.6 is 15.9 Å². The van der Waals surface area contributed by atoms with Gasteiger partial charge in [0.25, 0.3) is 0 Å². The van der Waals surface area contributed by atoms with E-state index in [2.05, 4.69) is 20.9 Å². The smallest absolute Gasteiger partial charge is 0.303 e. The fraction of sp³-hybridized carbons (Fsp3) is 0.133. The van der Waals surface area contributed by atoms with Crippen molar-refractivity contribution in [3.8, 4) is 11.3 Å². The Hall–Kier alpha value is -1.82. The van der Waals surface area contributed by atoms with Gasteiger partial charge in [-0.25, -0.2) is 4.98 Å². The lowest BCUT2D eigenvalue weighted by Crippen LogP contribution is -2.03. The van der Waals surface area contributed by atoms with Crippen molar-refractivity contribution < 1.29 is 13.2 Å². The van der Waals surface area contributed by atoms with Crippen molar-refractivity contribution in [2.45, 2.75) is 13.1 Å². The highest BCUT2D eigenvalue weighted by Gasteiger charge is 2.30. The molecule has 3 rings (SSSR count). The average molecular weight is 355 g/mol. The summed E-state index contributed by atoms with van der Waals surface area (Å²) in [7, 11) is 0. The monoisotopic (exact) mass is 354 g/mol. The molecule has 2 heterocycles. The maximum Gasteiger partial charge on any atom is 0.416 e. The van der Waals surface area contributed by atoms with E-state index in [0.29, 0.717) is 11.3 Å². The molecule has 2 aromatic heterocycles. The number of pyridine rings is 1. The number of alkyl halides is 3. The fourth-order valence-electron chi connectivity index (χ4n) is 2.13. The van der Waals surface area contributed by atoms with Crippen molar-refractivity contribution in [3.63, 3.8) is 0 Å². The molecule has 3 aromatic rings. The molecule has 6 heteroatoms. The third-order valence-electron chi connectivity index (χ3n) is 3.33. The minimum Gasteiger partial charge on any atom is -0.303 e. The molecule has 108 valence electrons. The zero-order chi connectivity index (χ0) is 15.2. The zero-order valence-corrected chi connectivity index (χ0v) is 12.5. The van der Waals surface area contributed by atoms with Crippen LogP contribution < -0.4 is 0 Å². The van der Waals surface area contributed by atoms with Crippen LogP contribution in [0.5, 0.6) is 0 Å². The number of hydrogen-bond acceptors (Lipinski definition) is 1. The fourth-order valence-corrected chi connectivity index (χ4v) is 2.46. The van der Waals surface area contributed by atoms with Gasteiger partial charge in [-0.1, -0.05) is 12.1 Å². The average Bonchev–Trinajstić information content (AvgIpc) is 2.87. The van der Waals surface area contributed by atoms with E-state index in [9.17, 15) is 13.2 Å². The van der Waals surface area contributed by atoms with E-state index in [0.717, 1.165) is 27.9 Å². The summed E-state index contributed by atoms with van der Waals surface area (Å²) in [5.74, 6) is 0. The Labute approximate surface area is 127 Å². The summed E-state index contributed by atoms with van der Waals surface area (Å²) in [6, 6.07) is 8.77. The van der Waals surface area contributed by atoms with Crippen molar-refractivity contribution in [2.75, 3.05) is 0 Å². The highest BCUT2D eigenvalue weighted by atomic mass is 79.9. The van der Waals surface area contributed by atoms with Crippen molar-refractivity contribution in [2.24, 2.45) is 0 Å². The first kappa shape index (κ1) is 14.1. The van der Waals surface area contributed by atoms with Crippen LogP contribution in [-0.4, -0.2) is 9.38 Å². The van der Waals surface area contributed by atoms with Gasteiger partial charge in [0.15, 0.2) is 0 Å². The molecule has 0 aliphatic rings. The number of benzene rings is 1. The SMILES string of the molecule is Cc1c(Br)ccc2nc(-c3ccc(C(F)(F)F)cc3)cn12. The molecule has 21 heavy (non-hydrogen) atoms. The molecular weight excluding hydrogens is 345 g/mol. The van der Waals surface area contributed by atoms with Gasteiger partial charge in [-0.3, -0.25) is 0 Å². The van der Waals surface area contributed by atoms with Gasteiger partial charge in [-0.15, -0.1) is 0 Å². The minimum atomic E-state index is -4.32. The zero-order valence-electron chi connectivity index (χ0n) is 10.9. The quantitative estimate of drug-likeness (QED) is 0.594. The summed E-state index contributed by atoms with van der Waals surface area (Å²) in [5.41, 5.74) is 2.38. The highest BCUT2D eigenvalue weighted by molar-refractivity contribution is 9.10. The molecule has 0 amide bonds. The molecule has 0 bridgehead atoms. The van der Waals surface area contributed by atoms with Gasteiger partial charge in [0, 0.05) is 21.9 Å². The molecule has 1 aromatic carbocycles. The Bertz CT molecular complexity index is 804. The van der Waals surface area contributed by atoms with E-state index in [4.69, 9.17) is 0 Å². The Morgan fingerprint density at radius 2 is 1.71 bits per heavy atom. The normalized spacial score (nSPS) is 12.0. The van der Waals surface area contributed by atoms with E-state index in [1.165, 1.54) is 12.1 Å². The maximum atomic E-state index is 12.6. The summed E-state index contributed by atoms with van der Waals surface area (Å²) >= 11 is 3.44. The standard InChI is InChI=1S/C15H10BrF3N2/c1-9-12(16)6-7-14-20-13(8-21(9)14)10-2-4-11(5-3-10)15(17,18)19/h2-8H,1H3. The van der Waals surface area contributed by atoms with Gasteiger partial charge < -0.3 is 4.40 Å². The van der Waals surface area contributed by atoms with Crippen LogP contribution in [0.4, 0.5) is 13.2 Å². The predicted octanol–water partition coefficient (Wildman–Crippen LogP) is 5.09. The minimum absolute atomic E-state index is 0.643. The number of halogens is 4. The van der Waals surface area contributed by atoms with Gasteiger partial charge in [0.2, 0.25) is 0 Å². The number of aromatic nitrogens is 2. The topological polar surface area (TPSA) is 17.3 Å². The number of fused-ring (bicyclic) bond motifs is 1. The molecule has 0 aliphatic carbocycles. The Balaban J connectivity index is 2.06. The van der Waals surface area contributed by atoms with Gasteiger partial charge in [-0.05, 0) is 47.1 Å². The number of imidazole rings is 1. The first-order valence-corrected chi connectivity index (χ1v) is 6.97. The highest BCUT2D eigenvalue weighted by Crippen LogP contribution is 2.31. The molecule has 0 unspecified atom stereocenters. The summed E-state index contributed by atoms with van der Waals surface area (Å²) in [6.07, 6.45) is -2.50. The number of hydrogen-bond donors (Lipinski definition) is 0. The van der Waals surface area contributed by atoms with Crippen molar-refractivity contribution in [1.82, 2.24) is 9.38 Å². The van der Waals surface area contributed by atoms with Gasteiger partial charge in [0.1, 0.15) is 5.65 Å². The van der Waals surface area contributed by atoms with Crippen LogP contribution in [-0.2, 0) is 6.18 Å². The van der Waals surface area contributed by atoms with E-state index in [1.54, 1.807) is 0 Å². The first-order valence-electron chi connectivity index (χ1n) is 6.18. The molecule has 2 nitrogen and oxygen atoms in total. The number of nitrogens with zero attached hydrogens (tertiary/aromatic N) is 2. The van der Waals surface area contributed by atoms with Crippen LogP contribution in [0, 0.1) is 6.92 Å². The second-order valence-corrected chi connectivity index (χ2v) is 5.55. The lowest BCUT2D eigenvalue weighted by molar-refractivity contribution is -0.137. The maximum absolute atomic E-state index is 12.6. The molecule has 0 fully saturated rings. The van der Waals surface area contributed by atoms with Crippen molar-refractivity contribution in [1.29, 1.82) is 0 Å². The van der Waals surface area contributed by atoms with Gasteiger partial charge in [0.05, 0.1) is 11.3 Å². The van der Waals surface area contributed by atoms with Crippen molar-refractivity contribution in [3.05, 3.63) is 58.3 Å². The lowest BCUT2D eigenvalue weighted by atomic mass is 10.1. The summed E-state index contributed by atoms with van der Waals surface area (Å²) in [4.78, 5) is 4.44. The molecule has 0 saturated heterocycles. The molecule has 0 atom stereocenters. The molecule has 0 aliphatic heterocycles. The Morgan fingerprint density at radius 3 is 2.33 bits per heavy atom. The molecule has 0 radical (unpaired) electrons. The van der Waals surface area contributed by atoms with E-state index < -0.39 is 11.7 Å². The third-order valence-corrected chi connectivity index (χ3v) is 4.17. The molecule has 0 spiro atoms. The number of rotatable bonds is 1. The lowest BCUT2D eigenvalue weighted by Gasteiger charge is -2.06. The van der Waals surface area contributed by atoms with Gasteiger partial charge >= 0.3 is 6.18 Å². The third kappa shape index (κ3) is 2.55. The predicted molar refractivity (Wildman–Crippen MR) is 78.1 cm³/mol. The van der Waals surface area contributed by atoms with Crippen LogP contribution in [0.1, 0.15) is 11.3 Å². The number of aryl methyl sites for hydroxylation is 1. The first-order chi connectivity index (χ1) is 9.86. The summed E-state index contributed by atoms with van der Waals surface area (Å²) in [5, 5.41) is 0. The van der Waals surface area contributed by atoms with Crippen LogP contribution in [0.2, 0.25) is 0 Å². The van der Waals surface area contributed by atoms with Crippen molar-refractivity contribution >= 4 is 21.6 Å². The van der Waals surface area contributed by atoms with E-state index in [1.807, 2.05) is 29.7 Å². The van der Waals surface area contributed by atoms with Crippen LogP contribution in [0.15, 0.2) is 47.1 Å². The second-order valence-electron chi connectivity index (χ2n) is 4.70. The van der Waals surface area contributed by atoms with E-state index in [-0.39, 0.29) is 0 Å². The molecular formula is C15H10BrF3N2. The summed E-state index contributed by atoms with van der Waals surface area (Å²) in [6.45, 7) is 1.94. The molecule has 0 saturated carbocycles. The Morgan fingerprint density at radius 1 is 1.05 bits per heavy atom. The Kier molecular flexibility index (Phi) is 3.28. The second kappa shape index (κ2) is 4.87. The van der Waals surface area contributed by atoms with E-state index >= 15 is 0 Å². The van der Waals surface area contributed by atoms with Crippen LogP contribution in [0.25, 0.3) is 16.9 Å².